The Hall–Kier alpha value is -3.15. The third-order valence-corrected chi connectivity index (χ3v) is 7.03. The van der Waals surface area contributed by atoms with Gasteiger partial charge in [0.1, 0.15) is 5.75 Å². The number of hydrogen-bond acceptors (Lipinski definition) is 7. The average molecular weight is 467 g/mol. The summed E-state index contributed by atoms with van der Waals surface area (Å²) in [7, 11) is 3.05. The first kappa shape index (κ1) is 23.0. The number of amides is 1. The van der Waals surface area contributed by atoms with Crippen LogP contribution >= 0.6 is 11.8 Å². The zero-order chi connectivity index (χ0) is 23.8. The van der Waals surface area contributed by atoms with Crippen LogP contribution in [-0.2, 0) is 10.5 Å². The number of thioether (sulfide) groups is 1. The predicted molar refractivity (Wildman–Crippen MR) is 125 cm³/mol. The first-order chi connectivity index (χ1) is 15.8. The highest BCUT2D eigenvalue weighted by Crippen LogP contribution is 2.52. The van der Waals surface area contributed by atoms with Crippen molar-refractivity contribution >= 4 is 17.7 Å². The molecule has 2 aliphatic heterocycles. The molecule has 2 heterocycles. The molecule has 1 amide bonds. The van der Waals surface area contributed by atoms with Crippen molar-refractivity contribution < 1.29 is 24.1 Å². The van der Waals surface area contributed by atoms with Gasteiger partial charge in [0.2, 0.25) is 5.91 Å². The standard InChI is InChI=1S/C25H26N2O5S/c1-15(2)32-18-8-5-16(6-9-18)19-12-23(28)27-24(20(19)13-26)33-14-25(27,29)17-7-10-21(30-3)22(11-17)31-4/h5-11,15,19,29H,12,14H2,1-4H3/t19-,25+/m0/s1. The number of nitriles is 1. The molecule has 2 aliphatic rings. The summed E-state index contributed by atoms with van der Waals surface area (Å²) in [5.74, 6) is 1.32. The van der Waals surface area contributed by atoms with Gasteiger partial charge in [0.05, 0.1) is 42.7 Å². The molecule has 2 atom stereocenters. The van der Waals surface area contributed by atoms with Crippen LogP contribution in [0.1, 0.15) is 37.3 Å². The maximum absolute atomic E-state index is 13.3. The average Bonchev–Trinajstić information content (AvgIpc) is 3.17. The van der Waals surface area contributed by atoms with Gasteiger partial charge in [-0.05, 0) is 43.7 Å². The zero-order valence-electron chi connectivity index (χ0n) is 19.0. The van der Waals surface area contributed by atoms with Crippen LogP contribution in [-0.4, -0.2) is 42.0 Å². The number of carbonyl (C=O) groups excluding carboxylic acids is 1. The van der Waals surface area contributed by atoms with Gasteiger partial charge in [-0.25, -0.2) is 0 Å². The Morgan fingerprint density at radius 2 is 1.85 bits per heavy atom. The van der Waals surface area contributed by atoms with Gasteiger partial charge in [-0.3, -0.25) is 9.69 Å². The van der Waals surface area contributed by atoms with E-state index in [1.165, 1.54) is 30.9 Å². The number of ether oxygens (including phenoxy) is 3. The van der Waals surface area contributed by atoms with Crippen LogP contribution < -0.4 is 14.2 Å². The van der Waals surface area contributed by atoms with Gasteiger partial charge in [0, 0.05) is 17.9 Å². The molecule has 0 spiro atoms. The molecule has 0 aliphatic carbocycles. The second kappa shape index (κ2) is 9.00. The molecule has 0 aromatic heterocycles. The Morgan fingerprint density at radius 3 is 2.45 bits per heavy atom. The minimum atomic E-state index is -1.58. The van der Waals surface area contributed by atoms with Crippen LogP contribution in [0.2, 0.25) is 0 Å². The van der Waals surface area contributed by atoms with Crippen LogP contribution in [0.3, 0.4) is 0 Å². The fraction of sp³-hybridized carbons (Fsp3) is 0.360. The van der Waals surface area contributed by atoms with Crippen LogP contribution in [0.25, 0.3) is 0 Å². The summed E-state index contributed by atoms with van der Waals surface area (Å²) in [5.41, 5.74) is 0.263. The van der Waals surface area contributed by atoms with Crippen molar-refractivity contribution in [2.24, 2.45) is 0 Å². The van der Waals surface area contributed by atoms with Crippen molar-refractivity contribution in [3.63, 3.8) is 0 Å². The Bertz CT molecular complexity index is 1140. The molecule has 0 bridgehead atoms. The van der Waals surface area contributed by atoms with Gasteiger partial charge in [-0.15, -0.1) is 11.8 Å². The molecular weight excluding hydrogens is 440 g/mol. The summed E-state index contributed by atoms with van der Waals surface area (Å²) in [4.78, 5) is 14.7. The maximum Gasteiger partial charge on any atom is 0.231 e. The molecule has 4 rings (SSSR count). The molecular formula is C25H26N2O5S. The molecule has 1 fully saturated rings. The lowest BCUT2D eigenvalue weighted by Crippen LogP contribution is -2.48. The lowest BCUT2D eigenvalue weighted by Gasteiger charge is -2.38. The predicted octanol–water partition coefficient (Wildman–Crippen LogP) is 4.13. The number of rotatable bonds is 6. The number of nitrogens with zero attached hydrogens (tertiary/aromatic N) is 2. The minimum absolute atomic E-state index is 0.0570. The van der Waals surface area contributed by atoms with Gasteiger partial charge in [-0.2, -0.15) is 5.26 Å². The molecule has 33 heavy (non-hydrogen) atoms. The quantitative estimate of drug-likeness (QED) is 0.684. The molecule has 172 valence electrons. The maximum atomic E-state index is 13.3. The van der Waals surface area contributed by atoms with Crippen LogP contribution in [0.15, 0.2) is 53.1 Å². The second-order valence-electron chi connectivity index (χ2n) is 8.23. The summed E-state index contributed by atoms with van der Waals surface area (Å²) < 4.78 is 16.4. The highest BCUT2D eigenvalue weighted by atomic mass is 32.2. The highest BCUT2D eigenvalue weighted by molar-refractivity contribution is 8.03. The van der Waals surface area contributed by atoms with Gasteiger partial charge >= 0.3 is 0 Å². The molecule has 0 radical (unpaired) electrons. The topological polar surface area (TPSA) is 92.0 Å². The van der Waals surface area contributed by atoms with E-state index in [-0.39, 0.29) is 30.1 Å². The van der Waals surface area contributed by atoms with E-state index in [0.717, 1.165) is 11.3 Å². The molecule has 1 saturated heterocycles. The first-order valence-corrected chi connectivity index (χ1v) is 11.6. The van der Waals surface area contributed by atoms with Crippen LogP contribution in [0.4, 0.5) is 0 Å². The number of fused-ring (bicyclic) bond motifs is 1. The SMILES string of the molecule is COc1ccc([C@]2(O)CSC3=C(C#N)[C@H](c4ccc(OC(C)C)cc4)CC(=O)N32)cc1OC. The van der Waals surface area contributed by atoms with E-state index in [1.807, 2.05) is 38.1 Å². The molecule has 8 heteroatoms. The number of allylic oxidation sites excluding steroid dienone is 1. The van der Waals surface area contributed by atoms with E-state index >= 15 is 0 Å². The normalized spacial score (nSPS) is 22.3. The van der Waals surface area contributed by atoms with Crippen LogP contribution in [0, 0.1) is 11.3 Å². The molecule has 1 N–H and O–H groups in total. The number of methoxy groups -OCH3 is 2. The van der Waals surface area contributed by atoms with Crippen LogP contribution in [0.5, 0.6) is 17.2 Å². The highest BCUT2D eigenvalue weighted by Gasteiger charge is 2.52. The third kappa shape index (κ3) is 4.03. The monoisotopic (exact) mass is 466 g/mol. The second-order valence-corrected chi connectivity index (χ2v) is 9.19. The van der Waals surface area contributed by atoms with Gasteiger partial charge in [0.25, 0.3) is 0 Å². The van der Waals surface area contributed by atoms with Crippen molar-refractivity contribution in [1.82, 2.24) is 4.90 Å². The summed E-state index contributed by atoms with van der Waals surface area (Å²) in [6, 6.07) is 14.9. The van der Waals surface area contributed by atoms with E-state index in [0.29, 0.717) is 27.7 Å². The molecule has 0 saturated carbocycles. The summed E-state index contributed by atoms with van der Waals surface area (Å²) in [5, 5.41) is 22.1. The fourth-order valence-electron chi connectivity index (χ4n) is 4.26. The van der Waals surface area contributed by atoms with E-state index in [4.69, 9.17) is 14.2 Å². The fourth-order valence-corrected chi connectivity index (χ4v) is 5.62. The van der Waals surface area contributed by atoms with E-state index < -0.39 is 5.72 Å². The largest absolute Gasteiger partial charge is 0.493 e. The van der Waals surface area contributed by atoms with E-state index in [1.54, 1.807) is 18.2 Å². The van der Waals surface area contributed by atoms with Crippen molar-refractivity contribution in [2.45, 2.75) is 38.0 Å². The smallest absolute Gasteiger partial charge is 0.231 e. The number of benzene rings is 2. The van der Waals surface area contributed by atoms with Crippen molar-refractivity contribution in [2.75, 3.05) is 20.0 Å². The third-order valence-electron chi connectivity index (χ3n) is 5.81. The summed E-state index contributed by atoms with van der Waals surface area (Å²) in [6.45, 7) is 3.91. The molecule has 7 nitrogen and oxygen atoms in total. The van der Waals surface area contributed by atoms with Gasteiger partial charge in [-0.1, -0.05) is 18.2 Å². The Kier molecular flexibility index (Phi) is 6.28. The molecule has 2 aromatic rings. The number of carbonyl (C=O) groups is 1. The molecule has 0 unspecified atom stereocenters. The lowest BCUT2D eigenvalue weighted by molar-refractivity contribution is -0.149. The Labute approximate surface area is 197 Å². The van der Waals surface area contributed by atoms with Gasteiger partial charge in [0.15, 0.2) is 17.2 Å². The number of hydrogen-bond donors (Lipinski definition) is 1. The number of aliphatic hydroxyl groups is 1. The first-order valence-electron chi connectivity index (χ1n) is 10.6. The van der Waals surface area contributed by atoms with E-state index in [9.17, 15) is 15.2 Å². The van der Waals surface area contributed by atoms with Gasteiger partial charge < -0.3 is 19.3 Å². The Morgan fingerprint density at radius 1 is 1.15 bits per heavy atom. The lowest BCUT2D eigenvalue weighted by atomic mass is 9.85. The van der Waals surface area contributed by atoms with Crippen molar-refractivity contribution in [3.05, 3.63) is 64.2 Å². The Balaban J connectivity index is 1.72. The molecule has 2 aromatic carbocycles. The minimum Gasteiger partial charge on any atom is -0.493 e. The van der Waals surface area contributed by atoms with Crippen molar-refractivity contribution in [1.29, 1.82) is 5.26 Å². The zero-order valence-corrected chi connectivity index (χ0v) is 19.8. The van der Waals surface area contributed by atoms with Crippen molar-refractivity contribution in [3.8, 4) is 23.3 Å². The van der Waals surface area contributed by atoms with E-state index in [2.05, 4.69) is 6.07 Å². The summed E-state index contributed by atoms with van der Waals surface area (Å²) in [6.07, 6.45) is 0.147. The summed E-state index contributed by atoms with van der Waals surface area (Å²) >= 11 is 1.31.